The Hall–Kier alpha value is -3.89. The smallest absolute Gasteiger partial charge is 0.148 e. The van der Waals surface area contributed by atoms with Crippen LogP contribution in [0, 0.1) is 5.82 Å². The first-order valence-corrected chi connectivity index (χ1v) is 12.5. The van der Waals surface area contributed by atoms with Gasteiger partial charge < -0.3 is 25.0 Å². The molecule has 0 unspecified atom stereocenters. The van der Waals surface area contributed by atoms with Crippen molar-refractivity contribution in [3.8, 4) is 5.69 Å². The van der Waals surface area contributed by atoms with Gasteiger partial charge in [-0.1, -0.05) is 6.92 Å². The van der Waals surface area contributed by atoms with Gasteiger partial charge in [-0.3, -0.25) is 0 Å². The number of rotatable bonds is 9. The number of aliphatic hydroxyl groups excluding tert-OH is 1. The molecule has 10 heteroatoms. The van der Waals surface area contributed by atoms with E-state index in [2.05, 4.69) is 32.1 Å². The van der Waals surface area contributed by atoms with Gasteiger partial charge in [0, 0.05) is 49.0 Å². The van der Waals surface area contributed by atoms with Crippen molar-refractivity contribution in [3.05, 3.63) is 66.4 Å². The van der Waals surface area contributed by atoms with Gasteiger partial charge in [0.15, 0.2) is 0 Å². The van der Waals surface area contributed by atoms with Crippen LogP contribution in [0.4, 0.5) is 21.7 Å². The SMILES string of the molecule is CCN1CCC(N(CC=O)c2ccc3cnc(Nc4ccc(-n5ccc(CO)n5)cc4F)cc3n2)CC1. The number of nitrogens with one attached hydrogen (secondary N) is 1. The number of benzene rings is 1. The molecule has 1 fully saturated rings. The Morgan fingerprint density at radius 2 is 2.03 bits per heavy atom. The highest BCUT2D eigenvalue weighted by Gasteiger charge is 2.25. The Balaban J connectivity index is 1.37. The van der Waals surface area contributed by atoms with E-state index in [1.807, 2.05) is 12.1 Å². The van der Waals surface area contributed by atoms with E-state index in [4.69, 9.17) is 4.98 Å². The topological polar surface area (TPSA) is 99.4 Å². The number of nitrogens with zero attached hydrogens (tertiary/aromatic N) is 6. The normalized spacial score (nSPS) is 14.7. The number of piperidine rings is 1. The van der Waals surface area contributed by atoms with Crippen LogP contribution in [0.2, 0.25) is 0 Å². The van der Waals surface area contributed by atoms with Crippen molar-refractivity contribution < 1.29 is 14.3 Å². The summed E-state index contributed by atoms with van der Waals surface area (Å²) < 4.78 is 16.4. The molecule has 5 rings (SSSR count). The zero-order valence-electron chi connectivity index (χ0n) is 20.7. The van der Waals surface area contributed by atoms with Gasteiger partial charge in [-0.2, -0.15) is 5.10 Å². The molecule has 3 aromatic heterocycles. The lowest BCUT2D eigenvalue weighted by molar-refractivity contribution is -0.106. The number of fused-ring (bicyclic) bond motifs is 1. The molecule has 4 heterocycles. The molecule has 37 heavy (non-hydrogen) atoms. The van der Waals surface area contributed by atoms with Crippen LogP contribution < -0.4 is 10.2 Å². The maximum atomic E-state index is 14.9. The highest BCUT2D eigenvalue weighted by molar-refractivity contribution is 5.83. The van der Waals surface area contributed by atoms with Gasteiger partial charge >= 0.3 is 0 Å². The predicted octanol–water partition coefficient (Wildman–Crippen LogP) is 3.68. The van der Waals surface area contributed by atoms with Crippen molar-refractivity contribution in [2.24, 2.45) is 0 Å². The minimum absolute atomic E-state index is 0.177. The van der Waals surface area contributed by atoms with Gasteiger partial charge in [-0.05, 0) is 49.7 Å². The van der Waals surface area contributed by atoms with Crippen molar-refractivity contribution in [1.82, 2.24) is 24.6 Å². The lowest BCUT2D eigenvalue weighted by Gasteiger charge is -2.38. The number of anilines is 3. The van der Waals surface area contributed by atoms with Crippen molar-refractivity contribution in [3.63, 3.8) is 0 Å². The van der Waals surface area contributed by atoms with Crippen molar-refractivity contribution in [1.29, 1.82) is 0 Å². The van der Waals surface area contributed by atoms with Crippen LogP contribution in [0.25, 0.3) is 16.6 Å². The van der Waals surface area contributed by atoms with Crippen LogP contribution >= 0.6 is 0 Å². The summed E-state index contributed by atoms with van der Waals surface area (Å²) in [5, 5.41) is 17.3. The molecule has 0 atom stereocenters. The maximum Gasteiger partial charge on any atom is 0.148 e. The van der Waals surface area contributed by atoms with Gasteiger partial charge in [0.1, 0.15) is 23.7 Å². The Bertz CT molecular complexity index is 1380. The minimum Gasteiger partial charge on any atom is -0.390 e. The average Bonchev–Trinajstić information content (AvgIpc) is 3.42. The summed E-state index contributed by atoms with van der Waals surface area (Å²) >= 11 is 0. The second kappa shape index (κ2) is 11.0. The largest absolute Gasteiger partial charge is 0.390 e. The Morgan fingerprint density at radius 3 is 2.73 bits per heavy atom. The Morgan fingerprint density at radius 1 is 1.19 bits per heavy atom. The van der Waals surface area contributed by atoms with Crippen LogP contribution in [0.5, 0.6) is 0 Å². The number of carbonyl (C=O) groups is 1. The maximum absolute atomic E-state index is 14.9. The van der Waals surface area contributed by atoms with Gasteiger partial charge in [0.05, 0.1) is 35.7 Å². The van der Waals surface area contributed by atoms with Gasteiger partial charge in [0.2, 0.25) is 0 Å². The number of aromatic nitrogens is 4. The van der Waals surface area contributed by atoms with Crippen molar-refractivity contribution >= 4 is 34.5 Å². The highest BCUT2D eigenvalue weighted by Crippen LogP contribution is 2.27. The second-order valence-electron chi connectivity index (χ2n) is 9.12. The molecule has 1 aromatic carbocycles. The number of aliphatic hydroxyl groups is 1. The highest BCUT2D eigenvalue weighted by atomic mass is 19.1. The van der Waals surface area contributed by atoms with E-state index in [1.165, 1.54) is 10.7 Å². The Labute approximate surface area is 214 Å². The second-order valence-corrected chi connectivity index (χ2v) is 9.12. The summed E-state index contributed by atoms with van der Waals surface area (Å²) in [5.74, 6) is 0.755. The number of hydrogen-bond acceptors (Lipinski definition) is 8. The molecule has 0 spiro atoms. The van der Waals surface area contributed by atoms with E-state index in [9.17, 15) is 14.3 Å². The molecule has 1 saturated heterocycles. The average molecular weight is 504 g/mol. The lowest BCUT2D eigenvalue weighted by Crippen LogP contribution is -2.46. The molecule has 0 radical (unpaired) electrons. The van der Waals surface area contributed by atoms with Crippen LogP contribution in [0.3, 0.4) is 0 Å². The molecule has 0 saturated carbocycles. The zero-order chi connectivity index (χ0) is 25.8. The van der Waals surface area contributed by atoms with E-state index in [0.29, 0.717) is 29.3 Å². The first kappa shape index (κ1) is 24.8. The van der Waals surface area contributed by atoms with Crippen LogP contribution in [-0.4, -0.2) is 68.3 Å². The summed E-state index contributed by atoms with van der Waals surface area (Å²) in [4.78, 5) is 25.3. The minimum atomic E-state index is -0.460. The third-order valence-corrected chi connectivity index (χ3v) is 6.86. The molecule has 1 aliphatic rings. The summed E-state index contributed by atoms with van der Waals surface area (Å²) in [7, 11) is 0. The van der Waals surface area contributed by atoms with Gasteiger partial charge in [0.25, 0.3) is 0 Å². The molecule has 192 valence electrons. The number of hydrogen-bond donors (Lipinski definition) is 2. The predicted molar refractivity (Wildman–Crippen MR) is 141 cm³/mol. The van der Waals surface area contributed by atoms with E-state index in [-0.39, 0.29) is 18.3 Å². The molecule has 4 aromatic rings. The number of carbonyl (C=O) groups excluding carboxylic acids is 1. The van der Waals surface area contributed by atoms with Crippen molar-refractivity contribution in [2.45, 2.75) is 32.4 Å². The first-order valence-electron chi connectivity index (χ1n) is 12.5. The molecule has 0 amide bonds. The summed E-state index contributed by atoms with van der Waals surface area (Å²) in [6.45, 7) is 5.34. The van der Waals surface area contributed by atoms with Gasteiger partial charge in [-0.15, -0.1) is 0 Å². The summed E-state index contributed by atoms with van der Waals surface area (Å²) in [6.07, 6.45) is 6.27. The summed E-state index contributed by atoms with van der Waals surface area (Å²) in [5.41, 5.74) is 2.03. The van der Waals surface area contributed by atoms with E-state index >= 15 is 0 Å². The molecular weight excluding hydrogens is 473 g/mol. The molecule has 2 N–H and O–H groups in total. The van der Waals surface area contributed by atoms with Crippen molar-refractivity contribution in [2.75, 3.05) is 36.4 Å². The van der Waals surface area contributed by atoms with Gasteiger partial charge in [-0.25, -0.2) is 19.0 Å². The number of likely N-dealkylation sites (tertiary alicyclic amines) is 1. The standard InChI is InChI=1S/C27H30FN7O2/c1-2-33-10-8-21(9-11-33)34(13-14-36)27-6-3-19-17-29-26(16-25(19)31-27)30-24-5-4-22(15-23(24)28)35-12-7-20(18-37)32-35/h3-7,12,14-17,21,37H,2,8-11,13,18H2,1H3,(H,29,30). The molecular formula is C27H30FN7O2. The fraction of sp³-hybridized carbons (Fsp3) is 0.333. The van der Waals surface area contributed by atoms with E-state index < -0.39 is 5.82 Å². The van der Waals surface area contributed by atoms with Crippen LogP contribution in [0.15, 0.2) is 54.9 Å². The number of aldehydes is 1. The fourth-order valence-corrected chi connectivity index (χ4v) is 4.77. The lowest BCUT2D eigenvalue weighted by atomic mass is 10.0. The zero-order valence-corrected chi connectivity index (χ0v) is 20.7. The van der Waals surface area contributed by atoms with E-state index in [0.717, 1.165) is 50.0 Å². The van der Waals surface area contributed by atoms with Crippen LogP contribution in [0.1, 0.15) is 25.5 Å². The van der Waals surface area contributed by atoms with Crippen LogP contribution in [-0.2, 0) is 11.4 Å². The Kier molecular flexibility index (Phi) is 7.38. The summed E-state index contributed by atoms with van der Waals surface area (Å²) in [6, 6.07) is 12.3. The number of halogens is 1. The molecule has 9 nitrogen and oxygen atoms in total. The molecule has 1 aliphatic heterocycles. The third-order valence-electron chi connectivity index (χ3n) is 6.86. The monoisotopic (exact) mass is 503 g/mol. The third kappa shape index (κ3) is 5.45. The molecule has 0 aliphatic carbocycles. The quantitative estimate of drug-likeness (QED) is 0.334. The molecule has 0 bridgehead atoms. The number of pyridine rings is 2. The van der Waals surface area contributed by atoms with E-state index in [1.54, 1.807) is 36.7 Å². The first-order chi connectivity index (χ1) is 18.1. The fourth-order valence-electron chi connectivity index (χ4n) is 4.77.